The Kier molecular flexibility index (Phi) is 2.51. The zero-order valence-corrected chi connectivity index (χ0v) is 11.9. The lowest BCUT2D eigenvalue weighted by atomic mass is 9.89. The summed E-state index contributed by atoms with van der Waals surface area (Å²) in [6.07, 6.45) is 4.38. The summed E-state index contributed by atoms with van der Waals surface area (Å²) < 4.78 is 1.09. The predicted octanol–water partition coefficient (Wildman–Crippen LogP) is 2.44. The van der Waals surface area contributed by atoms with Gasteiger partial charge in [0.2, 0.25) is 0 Å². The van der Waals surface area contributed by atoms with Gasteiger partial charge >= 0.3 is 5.97 Å². The first-order valence-electron chi connectivity index (χ1n) is 6.86. The average molecular weight is 289 g/mol. The summed E-state index contributed by atoms with van der Waals surface area (Å²) >= 11 is 1.65. The Bertz CT molecular complexity index is 699. The first-order chi connectivity index (χ1) is 9.66. The van der Waals surface area contributed by atoms with Gasteiger partial charge in [-0.2, -0.15) is 0 Å². The minimum Gasteiger partial charge on any atom is -0.481 e. The van der Waals surface area contributed by atoms with Crippen LogP contribution in [0.5, 0.6) is 0 Å². The van der Waals surface area contributed by atoms with Gasteiger partial charge < -0.3 is 10.0 Å². The SMILES string of the molecule is Cc1csc2c(N3C4CCC3C(C(=O)O)C4)ncnc12. The highest BCUT2D eigenvalue weighted by molar-refractivity contribution is 7.18. The lowest BCUT2D eigenvalue weighted by Crippen LogP contribution is -2.33. The Hall–Kier alpha value is -1.69. The van der Waals surface area contributed by atoms with Gasteiger partial charge in [-0.1, -0.05) is 0 Å². The van der Waals surface area contributed by atoms with Crippen molar-refractivity contribution >= 4 is 33.3 Å². The van der Waals surface area contributed by atoms with Gasteiger partial charge in [0.05, 0.1) is 16.1 Å². The van der Waals surface area contributed by atoms with E-state index in [-0.39, 0.29) is 12.0 Å². The van der Waals surface area contributed by atoms with Crippen molar-refractivity contribution < 1.29 is 9.90 Å². The van der Waals surface area contributed by atoms with Crippen molar-refractivity contribution in [2.45, 2.75) is 38.3 Å². The predicted molar refractivity (Wildman–Crippen MR) is 77.2 cm³/mol. The van der Waals surface area contributed by atoms with E-state index in [1.807, 2.05) is 6.92 Å². The van der Waals surface area contributed by atoms with Crippen molar-refractivity contribution in [3.05, 3.63) is 17.3 Å². The molecule has 104 valence electrons. The number of anilines is 1. The second-order valence-electron chi connectivity index (χ2n) is 5.68. The maximum absolute atomic E-state index is 11.4. The molecule has 4 rings (SSSR count). The van der Waals surface area contributed by atoms with Crippen LogP contribution in [0, 0.1) is 12.8 Å². The van der Waals surface area contributed by atoms with Gasteiger partial charge in [-0.15, -0.1) is 11.3 Å². The maximum Gasteiger partial charge on any atom is 0.308 e. The van der Waals surface area contributed by atoms with E-state index in [0.717, 1.165) is 40.9 Å². The van der Waals surface area contributed by atoms with E-state index >= 15 is 0 Å². The van der Waals surface area contributed by atoms with E-state index < -0.39 is 5.97 Å². The van der Waals surface area contributed by atoms with Crippen LogP contribution in [0.4, 0.5) is 5.82 Å². The van der Waals surface area contributed by atoms with Crippen molar-refractivity contribution in [3.8, 4) is 0 Å². The lowest BCUT2D eigenvalue weighted by molar-refractivity contribution is -0.142. The molecule has 2 aromatic rings. The monoisotopic (exact) mass is 289 g/mol. The number of carbonyl (C=O) groups is 1. The number of aliphatic carboxylic acids is 1. The van der Waals surface area contributed by atoms with E-state index in [4.69, 9.17) is 0 Å². The molecule has 6 heteroatoms. The summed E-state index contributed by atoms with van der Waals surface area (Å²) in [6, 6.07) is 0.416. The van der Waals surface area contributed by atoms with E-state index in [1.165, 1.54) is 0 Å². The number of hydrogen-bond donors (Lipinski definition) is 1. The van der Waals surface area contributed by atoms with E-state index in [9.17, 15) is 9.90 Å². The van der Waals surface area contributed by atoms with Gasteiger partial charge in [-0.25, -0.2) is 9.97 Å². The third-order valence-corrected chi connectivity index (χ3v) is 5.69. The maximum atomic E-state index is 11.4. The molecule has 2 saturated heterocycles. The van der Waals surface area contributed by atoms with Crippen LogP contribution in [0.1, 0.15) is 24.8 Å². The van der Waals surface area contributed by atoms with Crippen LogP contribution < -0.4 is 4.90 Å². The molecule has 0 radical (unpaired) electrons. The van der Waals surface area contributed by atoms with E-state index in [0.29, 0.717) is 6.04 Å². The third-order valence-electron chi connectivity index (χ3n) is 4.61. The number of carboxylic acid groups (broad SMARTS) is 1. The first kappa shape index (κ1) is 12.1. The van der Waals surface area contributed by atoms with Gasteiger partial charge in [-0.3, -0.25) is 4.79 Å². The van der Waals surface area contributed by atoms with Crippen LogP contribution in [0.15, 0.2) is 11.7 Å². The largest absolute Gasteiger partial charge is 0.481 e. The van der Waals surface area contributed by atoms with Crippen LogP contribution in [0.25, 0.3) is 10.2 Å². The molecule has 2 aliphatic heterocycles. The van der Waals surface area contributed by atoms with Crippen molar-refractivity contribution in [1.29, 1.82) is 0 Å². The number of fused-ring (bicyclic) bond motifs is 3. The molecule has 20 heavy (non-hydrogen) atoms. The zero-order chi connectivity index (χ0) is 13.9. The van der Waals surface area contributed by atoms with Crippen LogP contribution >= 0.6 is 11.3 Å². The van der Waals surface area contributed by atoms with Crippen molar-refractivity contribution in [2.75, 3.05) is 4.90 Å². The Labute approximate surface area is 120 Å². The number of hydrogen-bond acceptors (Lipinski definition) is 5. The fourth-order valence-electron chi connectivity index (χ4n) is 3.73. The molecule has 0 aromatic carbocycles. The molecule has 0 aliphatic carbocycles. The number of thiophene rings is 1. The minimum atomic E-state index is -0.671. The third kappa shape index (κ3) is 1.51. The fourth-order valence-corrected chi connectivity index (χ4v) is 4.72. The van der Waals surface area contributed by atoms with E-state index in [2.05, 4.69) is 20.2 Å². The van der Waals surface area contributed by atoms with Crippen molar-refractivity contribution in [1.82, 2.24) is 9.97 Å². The summed E-state index contributed by atoms with van der Waals surface area (Å²) in [5.41, 5.74) is 2.16. The molecule has 2 bridgehead atoms. The molecule has 1 N–H and O–H groups in total. The van der Waals surface area contributed by atoms with Gasteiger partial charge in [0.15, 0.2) is 5.82 Å². The van der Waals surface area contributed by atoms with Crippen LogP contribution in [-0.2, 0) is 4.79 Å². The molecular formula is C14H15N3O2S. The lowest BCUT2D eigenvalue weighted by Gasteiger charge is -2.24. The molecule has 2 fully saturated rings. The normalized spacial score (nSPS) is 28.4. The van der Waals surface area contributed by atoms with Crippen LogP contribution in [0.2, 0.25) is 0 Å². The van der Waals surface area contributed by atoms with Gasteiger partial charge in [0.25, 0.3) is 0 Å². The number of aryl methyl sites for hydroxylation is 1. The van der Waals surface area contributed by atoms with Gasteiger partial charge in [-0.05, 0) is 37.1 Å². The molecule has 5 nitrogen and oxygen atoms in total. The molecular weight excluding hydrogens is 274 g/mol. The summed E-state index contributed by atoms with van der Waals surface area (Å²) in [4.78, 5) is 22.5. The fraction of sp³-hybridized carbons (Fsp3) is 0.500. The molecule has 2 aromatic heterocycles. The highest BCUT2D eigenvalue weighted by Gasteiger charge is 2.50. The Morgan fingerprint density at radius 3 is 3.05 bits per heavy atom. The summed E-state index contributed by atoms with van der Waals surface area (Å²) in [7, 11) is 0. The Morgan fingerprint density at radius 1 is 1.45 bits per heavy atom. The second-order valence-corrected chi connectivity index (χ2v) is 6.56. The average Bonchev–Trinajstić information content (AvgIpc) is 3.11. The van der Waals surface area contributed by atoms with Crippen LogP contribution in [0.3, 0.4) is 0 Å². The molecule has 2 aliphatic rings. The minimum absolute atomic E-state index is 0.0954. The molecule has 4 heterocycles. The highest BCUT2D eigenvalue weighted by Crippen LogP contribution is 2.46. The van der Waals surface area contributed by atoms with Gasteiger partial charge in [0, 0.05) is 12.1 Å². The number of nitrogens with zero attached hydrogens (tertiary/aromatic N) is 3. The summed E-state index contributed by atoms with van der Waals surface area (Å²) in [5.74, 6) is 0.0130. The Balaban J connectivity index is 1.82. The number of aromatic nitrogens is 2. The number of rotatable bonds is 2. The smallest absolute Gasteiger partial charge is 0.308 e. The summed E-state index contributed by atoms with van der Waals surface area (Å²) in [5, 5.41) is 11.5. The standard InChI is InChI=1S/C14H15N3O2S/c1-7-5-20-12-11(7)15-6-16-13(12)17-8-2-3-10(17)9(4-8)14(18)19/h5-6,8-10H,2-4H2,1H3,(H,18,19). The van der Waals surface area contributed by atoms with Crippen molar-refractivity contribution in [3.63, 3.8) is 0 Å². The molecule has 0 spiro atoms. The molecule has 3 atom stereocenters. The highest BCUT2D eigenvalue weighted by atomic mass is 32.1. The Morgan fingerprint density at radius 2 is 2.30 bits per heavy atom. The zero-order valence-electron chi connectivity index (χ0n) is 11.1. The quantitative estimate of drug-likeness (QED) is 0.919. The summed E-state index contributed by atoms with van der Waals surface area (Å²) in [6.45, 7) is 2.05. The van der Waals surface area contributed by atoms with Crippen LogP contribution in [-0.4, -0.2) is 33.1 Å². The second kappa shape index (κ2) is 4.15. The topological polar surface area (TPSA) is 66.3 Å². The molecule has 3 unspecified atom stereocenters. The number of carboxylic acids is 1. The first-order valence-corrected chi connectivity index (χ1v) is 7.74. The molecule has 0 saturated carbocycles. The van der Waals surface area contributed by atoms with Crippen molar-refractivity contribution in [2.24, 2.45) is 5.92 Å². The van der Waals surface area contributed by atoms with Gasteiger partial charge in [0.1, 0.15) is 6.33 Å². The van der Waals surface area contributed by atoms with E-state index in [1.54, 1.807) is 17.7 Å². The molecule has 0 amide bonds.